The molecule has 0 radical (unpaired) electrons. The summed E-state index contributed by atoms with van der Waals surface area (Å²) in [4.78, 5) is 14.6. The number of nitrogens with zero attached hydrogens (tertiary/aromatic N) is 1. The van der Waals surface area contributed by atoms with E-state index in [-0.39, 0.29) is 23.7 Å². The number of hydrogen-bond acceptors (Lipinski definition) is 3. The van der Waals surface area contributed by atoms with Gasteiger partial charge in [0.05, 0.1) is 12.0 Å². The molecule has 0 amide bonds. The van der Waals surface area contributed by atoms with Crippen LogP contribution in [-0.4, -0.2) is 41.5 Å². The lowest BCUT2D eigenvalue weighted by Crippen LogP contribution is -2.32. The Morgan fingerprint density at radius 1 is 1.40 bits per heavy atom. The first kappa shape index (κ1) is 15.5. The van der Waals surface area contributed by atoms with E-state index in [1.807, 2.05) is 38.1 Å². The van der Waals surface area contributed by atoms with Crippen LogP contribution in [0.4, 0.5) is 0 Å². The molecule has 110 valence electrons. The lowest BCUT2D eigenvalue weighted by molar-refractivity contribution is -0.123. The number of aliphatic hydroxyl groups excluding tert-OH is 1. The molecule has 1 saturated heterocycles. The van der Waals surface area contributed by atoms with Crippen molar-refractivity contribution in [2.45, 2.75) is 32.3 Å². The van der Waals surface area contributed by atoms with Crippen LogP contribution in [0, 0.1) is 5.92 Å². The predicted octanol–water partition coefficient (Wildman–Crippen LogP) is 2.72. The Labute approximate surface area is 125 Å². The number of carbonyl (C=O) groups is 1. The third kappa shape index (κ3) is 3.81. The van der Waals surface area contributed by atoms with E-state index in [0.29, 0.717) is 18.1 Å². The molecule has 1 fully saturated rings. The van der Waals surface area contributed by atoms with Crippen molar-refractivity contribution in [2.24, 2.45) is 5.92 Å². The maximum Gasteiger partial charge on any atom is 0.144 e. The molecule has 1 N–H and O–H groups in total. The monoisotopic (exact) mass is 295 g/mol. The first-order valence-electron chi connectivity index (χ1n) is 7.17. The molecule has 1 aliphatic rings. The second-order valence-electron chi connectivity index (χ2n) is 5.86. The molecule has 3 nitrogen and oxygen atoms in total. The molecule has 0 spiro atoms. The summed E-state index contributed by atoms with van der Waals surface area (Å²) in [6.07, 6.45) is 0.540. The quantitative estimate of drug-likeness (QED) is 0.908. The number of ketones is 1. The molecular weight excluding hydrogens is 274 g/mol. The van der Waals surface area contributed by atoms with Crippen LogP contribution in [0.25, 0.3) is 0 Å². The minimum atomic E-state index is -0.255. The number of carbonyl (C=O) groups excluding carboxylic acids is 1. The highest BCUT2D eigenvalue weighted by molar-refractivity contribution is 6.30. The minimum absolute atomic E-state index is 0.00297. The fourth-order valence-corrected chi connectivity index (χ4v) is 2.82. The van der Waals surface area contributed by atoms with Gasteiger partial charge in [0.1, 0.15) is 5.78 Å². The van der Waals surface area contributed by atoms with E-state index < -0.39 is 0 Å². The molecule has 1 aromatic carbocycles. The van der Waals surface area contributed by atoms with Crippen molar-refractivity contribution in [1.82, 2.24) is 4.90 Å². The van der Waals surface area contributed by atoms with Crippen LogP contribution in [0.15, 0.2) is 24.3 Å². The molecule has 20 heavy (non-hydrogen) atoms. The summed E-state index contributed by atoms with van der Waals surface area (Å²) in [6.45, 7) is 6.07. The molecule has 1 unspecified atom stereocenters. The molecule has 2 atom stereocenters. The zero-order chi connectivity index (χ0) is 14.7. The second-order valence-corrected chi connectivity index (χ2v) is 6.30. The van der Waals surface area contributed by atoms with Crippen LogP contribution < -0.4 is 0 Å². The number of aliphatic hydroxyl groups is 1. The topological polar surface area (TPSA) is 40.5 Å². The highest BCUT2D eigenvalue weighted by Gasteiger charge is 2.28. The van der Waals surface area contributed by atoms with Crippen LogP contribution in [0.5, 0.6) is 0 Å². The molecule has 1 aromatic rings. The van der Waals surface area contributed by atoms with Gasteiger partial charge >= 0.3 is 0 Å². The Morgan fingerprint density at radius 2 is 2.05 bits per heavy atom. The van der Waals surface area contributed by atoms with E-state index in [9.17, 15) is 9.90 Å². The SMILES string of the molecule is CC(C)C(=O)C(CN1CC[C@@H](O)C1)c1ccc(Cl)cc1. The number of halogens is 1. The van der Waals surface area contributed by atoms with Gasteiger partial charge in [-0.1, -0.05) is 37.6 Å². The maximum atomic E-state index is 12.5. The van der Waals surface area contributed by atoms with Crippen LogP contribution in [-0.2, 0) is 4.79 Å². The van der Waals surface area contributed by atoms with E-state index >= 15 is 0 Å². The van der Waals surface area contributed by atoms with Crippen molar-refractivity contribution in [1.29, 1.82) is 0 Å². The highest BCUT2D eigenvalue weighted by atomic mass is 35.5. The van der Waals surface area contributed by atoms with Gasteiger partial charge in [-0.05, 0) is 24.1 Å². The van der Waals surface area contributed by atoms with Gasteiger partial charge in [-0.3, -0.25) is 9.69 Å². The fraction of sp³-hybridized carbons (Fsp3) is 0.562. The maximum absolute atomic E-state index is 12.5. The molecule has 0 aromatic heterocycles. The van der Waals surface area contributed by atoms with Crippen LogP contribution >= 0.6 is 11.6 Å². The number of rotatable bonds is 5. The van der Waals surface area contributed by atoms with E-state index in [0.717, 1.165) is 18.5 Å². The minimum Gasteiger partial charge on any atom is -0.392 e. The first-order valence-corrected chi connectivity index (χ1v) is 7.54. The zero-order valence-electron chi connectivity index (χ0n) is 12.1. The molecule has 0 saturated carbocycles. The Hall–Kier alpha value is -0.900. The summed E-state index contributed by atoms with van der Waals surface area (Å²) in [5, 5.41) is 10.3. The summed E-state index contributed by atoms with van der Waals surface area (Å²) in [7, 11) is 0. The normalized spacial score (nSPS) is 21.4. The van der Waals surface area contributed by atoms with Crippen molar-refractivity contribution < 1.29 is 9.90 Å². The molecular formula is C16H22ClNO2. The Bertz CT molecular complexity index is 458. The van der Waals surface area contributed by atoms with Gasteiger partial charge in [-0.15, -0.1) is 0 Å². The highest BCUT2D eigenvalue weighted by Crippen LogP contribution is 2.25. The number of β-amino-alcohol motifs (C(OH)–C–C–N with tert-alkyl or cyclic N) is 1. The third-order valence-electron chi connectivity index (χ3n) is 3.87. The van der Waals surface area contributed by atoms with Gasteiger partial charge in [0, 0.05) is 30.6 Å². The fourth-order valence-electron chi connectivity index (χ4n) is 2.69. The van der Waals surface area contributed by atoms with Crippen molar-refractivity contribution in [2.75, 3.05) is 19.6 Å². The summed E-state index contributed by atoms with van der Waals surface area (Å²) in [5.41, 5.74) is 1.01. The summed E-state index contributed by atoms with van der Waals surface area (Å²) >= 11 is 5.92. The van der Waals surface area contributed by atoms with Crippen LogP contribution in [0.2, 0.25) is 5.02 Å². The molecule has 0 aliphatic carbocycles. The molecule has 4 heteroatoms. The van der Waals surface area contributed by atoms with Crippen molar-refractivity contribution in [3.8, 4) is 0 Å². The van der Waals surface area contributed by atoms with E-state index in [1.54, 1.807) is 0 Å². The van der Waals surface area contributed by atoms with Crippen molar-refractivity contribution in [3.63, 3.8) is 0 Å². The van der Waals surface area contributed by atoms with Gasteiger partial charge in [-0.2, -0.15) is 0 Å². The standard InChI is InChI=1S/C16H22ClNO2/c1-11(2)16(20)15(10-18-8-7-14(19)9-18)12-3-5-13(17)6-4-12/h3-6,11,14-15,19H,7-10H2,1-2H3/t14-,15?/m1/s1. The van der Waals surface area contributed by atoms with E-state index in [2.05, 4.69) is 4.90 Å². The molecule has 2 rings (SSSR count). The van der Waals surface area contributed by atoms with Crippen LogP contribution in [0.3, 0.4) is 0 Å². The zero-order valence-corrected chi connectivity index (χ0v) is 12.8. The second kappa shape index (κ2) is 6.70. The summed E-state index contributed by atoms with van der Waals surface area (Å²) < 4.78 is 0. The average Bonchev–Trinajstić information content (AvgIpc) is 2.82. The molecule has 0 bridgehead atoms. The van der Waals surface area contributed by atoms with Gasteiger partial charge in [0.2, 0.25) is 0 Å². The third-order valence-corrected chi connectivity index (χ3v) is 4.13. The molecule has 1 heterocycles. The number of Topliss-reactive ketones (excluding diaryl/α,β-unsaturated/α-hetero) is 1. The molecule has 1 aliphatic heterocycles. The number of likely N-dealkylation sites (tertiary alicyclic amines) is 1. The largest absolute Gasteiger partial charge is 0.392 e. The van der Waals surface area contributed by atoms with Gasteiger partial charge in [-0.25, -0.2) is 0 Å². The smallest absolute Gasteiger partial charge is 0.144 e. The van der Waals surface area contributed by atoms with Crippen LogP contribution in [0.1, 0.15) is 31.7 Å². The van der Waals surface area contributed by atoms with Gasteiger partial charge in [0.15, 0.2) is 0 Å². The first-order chi connectivity index (χ1) is 9.47. The van der Waals surface area contributed by atoms with Gasteiger partial charge < -0.3 is 5.11 Å². The van der Waals surface area contributed by atoms with Crippen molar-refractivity contribution >= 4 is 17.4 Å². The lowest BCUT2D eigenvalue weighted by atomic mass is 9.88. The number of benzene rings is 1. The number of hydrogen-bond donors (Lipinski definition) is 1. The van der Waals surface area contributed by atoms with E-state index in [1.165, 1.54) is 0 Å². The lowest BCUT2D eigenvalue weighted by Gasteiger charge is -2.24. The van der Waals surface area contributed by atoms with Crippen molar-refractivity contribution in [3.05, 3.63) is 34.9 Å². The Balaban J connectivity index is 2.16. The van der Waals surface area contributed by atoms with E-state index in [4.69, 9.17) is 11.6 Å². The average molecular weight is 296 g/mol. The summed E-state index contributed by atoms with van der Waals surface area (Å²) in [5.74, 6) is 0.106. The van der Waals surface area contributed by atoms with Gasteiger partial charge in [0.25, 0.3) is 0 Å². The Morgan fingerprint density at radius 3 is 2.55 bits per heavy atom. The predicted molar refractivity (Wildman–Crippen MR) is 81.1 cm³/mol. The summed E-state index contributed by atoms with van der Waals surface area (Å²) in [6, 6.07) is 7.52. The Kier molecular flexibility index (Phi) is 5.19.